The van der Waals surface area contributed by atoms with Crippen LogP contribution < -0.4 is 5.32 Å². The van der Waals surface area contributed by atoms with Crippen molar-refractivity contribution in [2.24, 2.45) is 0 Å². The zero-order valence-corrected chi connectivity index (χ0v) is 15.6. The molecule has 0 saturated carbocycles. The van der Waals surface area contributed by atoms with Crippen LogP contribution in [0.5, 0.6) is 0 Å². The predicted molar refractivity (Wildman–Crippen MR) is 99.8 cm³/mol. The molecule has 1 aromatic rings. The number of sulfonamides is 1. The summed E-state index contributed by atoms with van der Waals surface area (Å²) in [6.07, 6.45) is 1.80. The molecule has 7 heteroatoms. The van der Waals surface area contributed by atoms with Gasteiger partial charge in [-0.05, 0) is 25.0 Å². The fraction of sp³-hybridized carbons (Fsp3) is 0.625. The van der Waals surface area contributed by atoms with Gasteiger partial charge in [0.15, 0.2) is 0 Å². The van der Waals surface area contributed by atoms with E-state index in [-0.39, 0.29) is 0 Å². The van der Waals surface area contributed by atoms with Gasteiger partial charge >= 0.3 is 0 Å². The van der Waals surface area contributed by atoms with E-state index in [0.29, 0.717) is 30.1 Å². The summed E-state index contributed by atoms with van der Waals surface area (Å²) in [5.41, 5.74) is 0. The smallest absolute Gasteiger partial charge is 0.243 e. The number of nitrogens with zero attached hydrogens (tertiary/aromatic N) is 1. The molecule has 4 nitrogen and oxygen atoms in total. The van der Waals surface area contributed by atoms with E-state index in [1.165, 1.54) is 23.0 Å². The van der Waals surface area contributed by atoms with Crippen LogP contribution in [0.25, 0.3) is 0 Å². The second-order valence-corrected chi connectivity index (χ2v) is 10.2. The standard InChI is InChI=1S/C16H24N2O2S3/c19-23(20,16-4-2-1-3-5-16)18-8-6-14(7-9-18)17-15-12-21-10-11-22-13-15/h1-5,14-15,17H,6-13H2. The summed E-state index contributed by atoms with van der Waals surface area (Å²) in [5.74, 6) is 4.85. The molecule has 0 atom stereocenters. The molecular weight excluding hydrogens is 348 g/mol. The predicted octanol–water partition coefficient (Wildman–Crippen LogP) is 2.28. The van der Waals surface area contributed by atoms with E-state index in [4.69, 9.17) is 0 Å². The van der Waals surface area contributed by atoms with Crippen LogP contribution in [0.1, 0.15) is 12.8 Å². The van der Waals surface area contributed by atoms with E-state index in [1.807, 2.05) is 29.6 Å². The first-order valence-corrected chi connectivity index (χ1v) is 11.9. The molecule has 0 aliphatic carbocycles. The normalized spacial score (nSPS) is 22.8. The molecule has 0 aromatic heterocycles. The Bertz CT molecular complexity index is 579. The van der Waals surface area contributed by atoms with Gasteiger partial charge in [0, 0.05) is 48.2 Å². The van der Waals surface area contributed by atoms with Crippen molar-refractivity contribution in [3.05, 3.63) is 30.3 Å². The van der Waals surface area contributed by atoms with Crippen LogP contribution in [0, 0.1) is 0 Å². The highest BCUT2D eigenvalue weighted by Crippen LogP contribution is 2.22. The van der Waals surface area contributed by atoms with Crippen LogP contribution in [-0.2, 0) is 10.0 Å². The van der Waals surface area contributed by atoms with Gasteiger partial charge in [0.2, 0.25) is 10.0 Å². The number of piperidine rings is 1. The third-order valence-electron chi connectivity index (χ3n) is 4.32. The summed E-state index contributed by atoms with van der Waals surface area (Å²) in [6.45, 7) is 1.23. The Labute approximate surface area is 147 Å². The van der Waals surface area contributed by atoms with E-state index in [0.717, 1.165) is 12.8 Å². The first-order valence-electron chi connectivity index (χ1n) is 8.13. The summed E-state index contributed by atoms with van der Waals surface area (Å²) in [7, 11) is -3.33. The highest BCUT2D eigenvalue weighted by Gasteiger charge is 2.30. The van der Waals surface area contributed by atoms with E-state index in [2.05, 4.69) is 5.32 Å². The Kier molecular flexibility index (Phi) is 6.31. The molecule has 1 aromatic carbocycles. The summed E-state index contributed by atoms with van der Waals surface area (Å²) >= 11 is 4.05. The Hall–Kier alpha value is -0.210. The number of hydrogen-bond donors (Lipinski definition) is 1. The lowest BCUT2D eigenvalue weighted by molar-refractivity contribution is 0.281. The summed E-state index contributed by atoms with van der Waals surface area (Å²) in [5, 5.41) is 3.75. The van der Waals surface area contributed by atoms with E-state index < -0.39 is 10.0 Å². The van der Waals surface area contributed by atoms with E-state index >= 15 is 0 Å². The largest absolute Gasteiger partial charge is 0.309 e. The van der Waals surface area contributed by atoms with Gasteiger partial charge in [-0.25, -0.2) is 8.42 Å². The fourth-order valence-corrected chi connectivity index (χ4v) is 6.96. The highest BCUT2D eigenvalue weighted by molar-refractivity contribution is 8.03. The molecule has 0 unspecified atom stereocenters. The Morgan fingerprint density at radius 1 is 0.957 bits per heavy atom. The molecule has 0 radical (unpaired) electrons. The molecule has 2 aliphatic rings. The van der Waals surface area contributed by atoms with Crippen molar-refractivity contribution < 1.29 is 8.42 Å². The summed E-state index contributed by atoms with van der Waals surface area (Å²) < 4.78 is 26.9. The topological polar surface area (TPSA) is 49.4 Å². The average molecular weight is 373 g/mol. The monoisotopic (exact) mass is 372 g/mol. The van der Waals surface area contributed by atoms with Gasteiger partial charge in [-0.1, -0.05) is 18.2 Å². The first kappa shape index (κ1) is 17.6. The van der Waals surface area contributed by atoms with Gasteiger partial charge in [-0.2, -0.15) is 27.8 Å². The maximum absolute atomic E-state index is 12.6. The maximum Gasteiger partial charge on any atom is 0.243 e. The molecule has 3 rings (SSSR count). The van der Waals surface area contributed by atoms with Crippen molar-refractivity contribution in [2.45, 2.75) is 29.8 Å². The summed E-state index contributed by atoms with van der Waals surface area (Å²) in [4.78, 5) is 0.406. The van der Waals surface area contributed by atoms with Crippen molar-refractivity contribution in [3.63, 3.8) is 0 Å². The molecule has 2 heterocycles. The Balaban J connectivity index is 1.54. The average Bonchev–Trinajstić information content (AvgIpc) is 2.85. The van der Waals surface area contributed by atoms with Crippen LogP contribution >= 0.6 is 23.5 Å². The number of benzene rings is 1. The minimum Gasteiger partial charge on any atom is -0.309 e. The highest BCUT2D eigenvalue weighted by atomic mass is 32.2. The van der Waals surface area contributed by atoms with Crippen LogP contribution in [0.3, 0.4) is 0 Å². The zero-order chi connectivity index (χ0) is 16.1. The second kappa shape index (κ2) is 8.25. The minimum absolute atomic E-state index is 0.406. The van der Waals surface area contributed by atoms with E-state index in [9.17, 15) is 8.42 Å². The lowest BCUT2D eigenvalue weighted by atomic mass is 10.1. The molecule has 2 fully saturated rings. The number of hydrogen-bond acceptors (Lipinski definition) is 5. The Morgan fingerprint density at radius 2 is 1.57 bits per heavy atom. The fourth-order valence-electron chi connectivity index (χ4n) is 3.05. The van der Waals surface area contributed by atoms with Crippen molar-refractivity contribution in [1.82, 2.24) is 9.62 Å². The minimum atomic E-state index is -3.33. The molecule has 2 saturated heterocycles. The molecule has 0 bridgehead atoms. The SMILES string of the molecule is O=S(=O)(c1ccccc1)N1CCC(NC2CSCCSC2)CC1. The lowest BCUT2D eigenvalue weighted by Gasteiger charge is -2.33. The first-order chi connectivity index (χ1) is 11.2. The second-order valence-electron chi connectivity index (χ2n) is 6.00. The van der Waals surface area contributed by atoms with Gasteiger partial charge in [0.25, 0.3) is 0 Å². The third kappa shape index (κ3) is 4.66. The van der Waals surface area contributed by atoms with Crippen molar-refractivity contribution in [2.75, 3.05) is 36.1 Å². The molecule has 23 heavy (non-hydrogen) atoms. The third-order valence-corrected chi connectivity index (χ3v) is 8.75. The zero-order valence-electron chi connectivity index (χ0n) is 13.2. The number of thioether (sulfide) groups is 2. The van der Waals surface area contributed by atoms with Crippen LogP contribution in [-0.4, -0.2) is 60.9 Å². The van der Waals surface area contributed by atoms with Crippen LogP contribution in [0.2, 0.25) is 0 Å². The van der Waals surface area contributed by atoms with Gasteiger partial charge in [-0.15, -0.1) is 0 Å². The van der Waals surface area contributed by atoms with Crippen LogP contribution in [0.4, 0.5) is 0 Å². The van der Waals surface area contributed by atoms with Gasteiger partial charge in [0.05, 0.1) is 4.90 Å². The van der Waals surface area contributed by atoms with Gasteiger partial charge < -0.3 is 5.32 Å². The number of rotatable bonds is 4. The maximum atomic E-state index is 12.6. The molecule has 2 aliphatic heterocycles. The molecular formula is C16H24N2O2S3. The quantitative estimate of drug-likeness (QED) is 0.879. The van der Waals surface area contributed by atoms with Crippen molar-refractivity contribution in [1.29, 1.82) is 0 Å². The molecule has 0 amide bonds. The van der Waals surface area contributed by atoms with E-state index in [1.54, 1.807) is 28.6 Å². The van der Waals surface area contributed by atoms with Gasteiger partial charge in [0.1, 0.15) is 0 Å². The summed E-state index contributed by atoms with van der Waals surface area (Å²) in [6, 6.07) is 9.78. The Morgan fingerprint density at radius 3 is 2.17 bits per heavy atom. The van der Waals surface area contributed by atoms with Crippen molar-refractivity contribution >= 4 is 33.5 Å². The van der Waals surface area contributed by atoms with Crippen LogP contribution in [0.15, 0.2) is 35.2 Å². The van der Waals surface area contributed by atoms with Gasteiger partial charge in [-0.3, -0.25) is 0 Å². The number of nitrogens with one attached hydrogen (secondary N) is 1. The van der Waals surface area contributed by atoms with Crippen molar-refractivity contribution in [3.8, 4) is 0 Å². The molecule has 1 N–H and O–H groups in total. The lowest BCUT2D eigenvalue weighted by Crippen LogP contribution is -2.48. The molecule has 0 spiro atoms. The molecule has 128 valence electrons.